The van der Waals surface area contributed by atoms with Crippen molar-refractivity contribution >= 4 is 11.8 Å². The maximum atomic E-state index is 13.5. The fourth-order valence-corrected chi connectivity index (χ4v) is 3.08. The number of nitrogens with one attached hydrogen (secondary N) is 1. The van der Waals surface area contributed by atoms with Crippen LogP contribution in [0.25, 0.3) is 0 Å². The van der Waals surface area contributed by atoms with E-state index >= 15 is 0 Å². The standard InChI is InChI=1S/C18H25FN2O2/c1-2-15-8-5-6-12-21(15)18(23)10-11-20-17(22)13-14-7-3-4-9-16(14)19/h3-4,7,9,15H,2,5-6,8,10-13H2,1H3,(H,20,22)/t15-/m0/s1. The molecule has 1 atom stereocenters. The van der Waals surface area contributed by atoms with Crippen molar-refractivity contribution in [2.45, 2.75) is 51.5 Å². The molecule has 0 unspecified atom stereocenters. The van der Waals surface area contributed by atoms with Crippen molar-refractivity contribution in [2.24, 2.45) is 0 Å². The van der Waals surface area contributed by atoms with Gasteiger partial charge in [0.05, 0.1) is 6.42 Å². The van der Waals surface area contributed by atoms with Crippen LogP contribution in [0.1, 0.15) is 44.6 Å². The first-order valence-corrected chi connectivity index (χ1v) is 8.41. The molecule has 126 valence electrons. The lowest BCUT2D eigenvalue weighted by Gasteiger charge is -2.35. The predicted molar refractivity (Wildman–Crippen MR) is 87.4 cm³/mol. The maximum absolute atomic E-state index is 13.5. The van der Waals surface area contributed by atoms with Gasteiger partial charge in [0.1, 0.15) is 5.82 Å². The Bertz CT molecular complexity index is 548. The fraction of sp³-hybridized carbons (Fsp3) is 0.556. The highest BCUT2D eigenvalue weighted by Gasteiger charge is 2.24. The summed E-state index contributed by atoms with van der Waals surface area (Å²) in [6, 6.07) is 6.58. The third kappa shape index (κ3) is 5.05. The molecule has 4 nitrogen and oxygen atoms in total. The molecule has 0 aromatic heterocycles. The number of carbonyl (C=O) groups excluding carboxylic acids is 2. The first-order chi connectivity index (χ1) is 11.1. The highest BCUT2D eigenvalue weighted by atomic mass is 19.1. The highest BCUT2D eigenvalue weighted by molar-refractivity contribution is 5.80. The van der Waals surface area contributed by atoms with Gasteiger partial charge < -0.3 is 10.2 Å². The molecule has 2 rings (SSSR count). The van der Waals surface area contributed by atoms with Crippen molar-refractivity contribution in [2.75, 3.05) is 13.1 Å². The number of rotatable bonds is 6. The van der Waals surface area contributed by atoms with Gasteiger partial charge in [-0.2, -0.15) is 0 Å². The van der Waals surface area contributed by atoms with E-state index in [1.54, 1.807) is 18.2 Å². The molecule has 1 fully saturated rings. The summed E-state index contributed by atoms with van der Waals surface area (Å²) in [5, 5.41) is 2.71. The molecule has 0 saturated carbocycles. The average molecular weight is 320 g/mol. The van der Waals surface area contributed by atoms with E-state index in [9.17, 15) is 14.0 Å². The van der Waals surface area contributed by atoms with Crippen molar-refractivity contribution in [1.29, 1.82) is 0 Å². The van der Waals surface area contributed by atoms with Gasteiger partial charge in [-0.3, -0.25) is 9.59 Å². The van der Waals surface area contributed by atoms with Gasteiger partial charge in [0.15, 0.2) is 0 Å². The van der Waals surface area contributed by atoms with Crippen LogP contribution in [0.4, 0.5) is 4.39 Å². The SMILES string of the molecule is CC[C@H]1CCCCN1C(=O)CCNC(=O)Cc1ccccc1F. The van der Waals surface area contributed by atoms with E-state index in [1.165, 1.54) is 12.5 Å². The Kier molecular flexibility index (Phi) is 6.56. The summed E-state index contributed by atoms with van der Waals surface area (Å²) < 4.78 is 13.5. The van der Waals surface area contributed by atoms with Crippen LogP contribution in [-0.2, 0) is 16.0 Å². The van der Waals surface area contributed by atoms with Crippen LogP contribution in [0.5, 0.6) is 0 Å². The number of hydrogen-bond acceptors (Lipinski definition) is 2. The Morgan fingerprint density at radius 3 is 2.83 bits per heavy atom. The average Bonchev–Trinajstić information content (AvgIpc) is 2.56. The number of likely N-dealkylation sites (tertiary alicyclic amines) is 1. The summed E-state index contributed by atoms with van der Waals surface area (Å²) in [4.78, 5) is 26.1. The Labute approximate surface area is 137 Å². The number of halogens is 1. The smallest absolute Gasteiger partial charge is 0.224 e. The van der Waals surface area contributed by atoms with E-state index in [2.05, 4.69) is 12.2 Å². The van der Waals surface area contributed by atoms with Gasteiger partial charge >= 0.3 is 0 Å². The quantitative estimate of drug-likeness (QED) is 0.876. The van der Waals surface area contributed by atoms with Crippen molar-refractivity contribution < 1.29 is 14.0 Å². The third-order valence-electron chi connectivity index (χ3n) is 4.39. The highest BCUT2D eigenvalue weighted by Crippen LogP contribution is 2.20. The number of piperidine rings is 1. The van der Waals surface area contributed by atoms with Crippen molar-refractivity contribution in [3.8, 4) is 0 Å². The van der Waals surface area contributed by atoms with Crippen molar-refractivity contribution in [1.82, 2.24) is 10.2 Å². The molecule has 1 aliphatic rings. The molecule has 1 N–H and O–H groups in total. The van der Waals surface area contributed by atoms with E-state index in [-0.39, 0.29) is 24.1 Å². The molecule has 0 radical (unpaired) electrons. The predicted octanol–water partition coefficient (Wildman–Crippen LogP) is 2.67. The summed E-state index contributed by atoms with van der Waals surface area (Å²) >= 11 is 0. The Hall–Kier alpha value is -1.91. The molecule has 1 aliphatic heterocycles. The minimum absolute atomic E-state index is 0.00215. The molecule has 2 amide bonds. The van der Waals surface area contributed by atoms with E-state index in [4.69, 9.17) is 0 Å². The van der Waals surface area contributed by atoms with Crippen LogP contribution in [0, 0.1) is 5.82 Å². The minimum atomic E-state index is -0.377. The zero-order valence-electron chi connectivity index (χ0n) is 13.7. The zero-order valence-corrected chi connectivity index (χ0v) is 13.7. The lowest BCUT2D eigenvalue weighted by molar-refractivity contribution is -0.134. The number of benzene rings is 1. The van der Waals surface area contributed by atoms with E-state index in [0.29, 0.717) is 24.6 Å². The molecule has 0 spiro atoms. The summed E-state index contributed by atoms with van der Waals surface area (Å²) in [6.45, 7) is 3.23. The van der Waals surface area contributed by atoms with Gasteiger partial charge in [-0.05, 0) is 37.3 Å². The zero-order chi connectivity index (χ0) is 16.7. The molecule has 1 aromatic rings. The van der Waals surface area contributed by atoms with Crippen molar-refractivity contribution in [3.63, 3.8) is 0 Å². The maximum Gasteiger partial charge on any atom is 0.224 e. The van der Waals surface area contributed by atoms with Crippen LogP contribution in [0.3, 0.4) is 0 Å². The van der Waals surface area contributed by atoms with Crippen LogP contribution in [-0.4, -0.2) is 35.8 Å². The number of amides is 2. The van der Waals surface area contributed by atoms with Gasteiger partial charge in [-0.15, -0.1) is 0 Å². The van der Waals surface area contributed by atoms with E-state index < -0.39 is 0 Å². The largest absolute Gasteiger partial charge is 0.355 e. The summed E-state index contributed by atoms with van der Waals surface area (Å²) in [7, 11) is 0. The van der Waals surface area contributed by atoms with Gasteiger partial charge in [-0.25, -0.2) is 4.39 Å². The van der Waals surface area contributed by atoms with Crippen molar-refractivity contribution in [3.05, 3.63) is 35.6 Å². The summed E-state index contributed by atoms with van der Waals surface area (Å²) in [6.07, 6.45) is 4.60. The fourth-order valence-electron chi connectivity index (χ4n) is 3.08. The minimum Gasteiger partial charge on any atom is -0.355 e. The second-order valence-corrected chi connectivity index (χ2v) is 6.01. The normalized spacial score (nSPS) is 17.8. The Balaban J connectivity index is 1.74. The summed E-state index contributed by atoms with van der Waals surface area (Å²) in [5.41, 5.74) is 0.374. The molecular weight excluding hydrogens is 295 g/mol. The van der Waals surface area contributed by atoms with Crippen LogP contribution in [0.2, 0.25) is 0 Å². The second-order valence-electron chi connectivity index (χ2n) is 6.01. The van der Waals surface area contributed by atoms with E-state index in [1.807, 2.05) is 4.90 Å². The lowest BCUT2D eigenvalue weighted by Crippen LogP contribution is -2.44. The van der Waals surface area contributed by atoms with Crippen LogP contribution >= 0.6 is 0 Å². The van der Waals surface area contributed by atoms with Crippen LogP contribution < -0.4 is 5.32 Å². The number of carbonyl (C=O) groups is 2. The second kappa shape index (κ2) is 8.65. The molecule has 23 heavy (non-hydrogen) atoms. The first kappa shape index (κ1) is 17.4. The summed E-state index contributed by atoms with van der Waals surface area (Å²) in [5.74, 6) is -0.533. The molecule has 1 saturated heterocycles. The molecule has 1 aromatic carbocycles. The number of hydrogen-bond donors (Lipinski definition) is 1. The molecular formula is C18H25FN2O2. The topological polar surface area (TPSA) is 49.4 Å². The Morgan fingerprint density at radius 1 is 1.30 bits per heavy atom. The first-order valence-electron chi connectivity index (χ1n) is 8.41. The third-order valence-corrected chi connectivity index (χ3v) is 4.39. The van der Waals surface area contributed by atoms with E-state index in [0.717, 1.165) is 25.8 Å². The monoisotopic (exact) mass is 320 g/mol. The lowest BCUT2D eigenvalue weighted by atomic mass is 9.99. The molecule has 5 heteroatoms. The molecule has 0 bridgehead atoms. The van der Waals surface area contributed by atoms with Gasteiger partial charge in [0, 0.05) is 25.6 Å². The van der Waals surface area contributed by atoms with Crippen LogP contribution in [0.15, 0.2) is 24.3 Å². The number of nitrogens with zero attached hydrogens (tertiary/aromatic N) is 1. The molecule has 0 aliphatic carbocycles. The van der Waals surface area contributed by atoms with Gasteiger partial charge in [-0.1, -0.05) is 25.1 Å². The van der Waals surface area contributed by atoms with Gasteiger partial charge in [0.2, 0.25) is 11.8 Å². The Morgan fingerprint density at radius 2 is 2.09 bits per heavy atom. The van der Waals surface area contributed by atoms with Gasteiger partial charge in [0.25, 0.3) is 0 Å². The molecule has 1 heterocycles.